The first kappa shape index (κ1) is 15.1. The number of aliphatic carboxylic acids is 1. The highest BCUT2D eigenvalue weighted by Gasteiger charge is 2.54. The number of tetrazole rings is 1. The third-order valence-electron chi connectivity index (χ3n) is 3.47. The smallest absolute Gasteiger partial charge is 0.353 e. The van der Waals surface area contributed by atoms with E-state index >= 15 is 0 Å². The maximum Gasteiger partial charge on any atom is 0.353 e. The molecule has 3 rings (SSSR count). The zero-order valence-corrected chi connectivity index (χ0v) is 13.2. The van der Waals surface area contributed by atoms with Crippen LogP contribution in [0.5, 0.6) is 0 Å². The summed E-state index contributed by atoms with van der Waals surface area (Å²) in [5.74, 6) is -0.949. The van der Waals surface area contributed by atoms with Gasteiger partial charge in [0.05, 0.1) is 4.86 Å². The molecule has 1 fully saturated rings. The fourth-order valence-electron chi connectivity index (χ4n) is 2.40. The van der Waals surface area contributed by atoms with Gasteiger partial charge in [-0.3, -0.25) is 9.69 Å². The summed E-state index contributed by atoms with van der Waals surface area (Å²) in [6, 6.07) is 0. The molecule has 11 heteroatoms. The van der Waals surface area contributed by atoms with Crippen LogP contribution < -0.4 is 0 Å². The second-order valence-corrected chi connectivity index (χ2v) is 6.17. The number of carbonyl (C=O) groups is 2. The summed E-state index contributed by atoms with van der Waals surface area (Å²) in [5, 5.41) is 20.1. The van der Waals surface area contributed by atoms with Crippen LogP contribution in [0.3, 0.4) is 0 Å². The number of aromatic nitrogens is 4. The number of carbonyl (C=O) groups excluding carboxylic acids is 1. The predicted octanol–water partition coefficient (Wildman–Crippen LogP) is -0.803. The minimum atomic E-state index is -1.21. The van der Waals surface area contributed by atoms with Gasteiger partial charge in [-0.1, -0.05) is 12.2 Å². The molecule has 22 heavy (non-hydrogen) atoms. The first-order valence-corrected chi connectivity index (χ1v) is 7.64. The number of hydrogen-bond acceptors (Lipinski definition) is 8. The molecule has 0 aromatic carbocycles. The number of nitrogens with zero attached hydrogens (tertiary/aromatic N) is 5. The molecule has 2 aliphatic heterocycles. The van der Waals surface area contributed by atoms with Crippen LogP contribution in [-0.4, -0.2) is 71.3 Å². The van der Waals surface area contributed by atoms with E-state index in [1.165, 1.54) is 28.5 Å². The Bertz CT molecular complexity index is 715. The maximum atomic E-state index is 12.1. The predicted molar refractivity (Wildman–Crippen MR) is 79.0 cm³/mol. The maximum absolute atomic E-state index is 12.1. The molecule has 1 amide bonds. The summed E-state index contributed by atoms with van der Waals surface area (Å²) in [5.41, 5.74) is 0.250. The first-order valence-electron chi connectivity index (χ1n) is 6.18. The molecular weight excluding hydrogens is 330 g/mol. The Balaban J connectivity index is 2.04. The SMILES string of the molecule is CO[C@@H]1C(=O)N2C(C(=O)O)=C(C(=S)c3nnnn3C)CS[C@@H]12. The molecule has 0 aliphatic carbocycles. The quantitative estimate of drug-likeness (QED) is 0.427. The van der Waals surface area contributed by atoms with Gasteiger partial charge in [0.2, 0.25) is 0 Å². The number of fused-ring (bicyclic) bond motifs is 1. The Labute approximate surface area is 134 Å². The minimum absolute atomic E-state index is 0.116. The number of ether oxygens (including phenoxy) is 1. The lowest BCUT2D eigenvalue weighted by Gasteiger charge is -2.48. The number of aryl methyl sites for hydroxylation is 1. The molecule has 0 unspecified atom stereocenters. The molecule has 1 saturated heterocycles. The van der Waals surface area contributed by atoms with Crippen LogP contribution in [0.15, 0.2) is 11.3 Å². The number of carboxylic acid groups (broad SMARTS) is 1. The van der Waals surface area contributed by atoms with Gasteiger partial charge in [-0.2, -0.15) is 0 Å². The molecule has 0 radical (unpaired) electrons. The number of amides is 1. The summed E-state index contributed by atoms with van der Waals surface area (Å²) in [4.78, 5) is 25.1. The molecule has 3 heterocycles. The van der Waals surface area contributed by atoms with Crippen molar-refractivity contribution < 1.29 is 19.4 Å². The van der Waals surface area contributed by atoms with Crippen molar-refractivity contribution in [3.05, 3.63) is 17.1 Å². The van der Waals surface area contributed by atoms with E-state index in [9.17, 15) is 14.7 Å². The van der Waals surface area contributed by atoms with Gasteiger partial charge in [0.25, 0.3) is 5.91 Å². The molecule has 0 saturated carbocycles. The fraction of sp³-hybridized carbons (Fsp3) is 0.455. The van der Waals surface area contributed by atoms with Crippen LogP contribution >= 0.6 is 24.0 Å². The summed E-state index contributed by atoms with van der Waals surface area (Å²) in [6.07, 6.45) is -0.619. The van der Waals surface area contributed by atoms with Crippen LogP contribution in [0.25, 0.3) is 0 Å². The highest BCUT2D eigenvalue weighted by atomic mass is 32.2. The van der Waals surface area contributed by atoms with Crippen LogP contribution in [0, 0.1) is 0 Å². The number of carboxylic acids is 1. The van der Waals surface area contributed by atoms with Crippen LogP contribution in [0.2, 0.25) is 0 Å². The summed E-state index contributed by atoms with van der Waals surface area (Å²) >= 11 is 6.73. The Morgan fingerprint density at radius 3 is 2.82 bits per heavy atom. The molecule has 2 aliphatic rings. The van der Waals surface area contributed by atoms with Crippen molar-refractivity contribution in [3.8, 4) is 0 Å². The van der Waals surface area contributed by atoms with Gasteiger partial charge in [-0.15, -0.1) is 16.9 Å². The number of thioether (sulfide) groups is 1. The van der Waals surface area contributed by atoms with Gasteiger partial charge in [-0.25, -0.2) is 9.48 Å². The third kappa shape index (κ3) is 2.04. The number of hydrogen-bond donors (Lipinski definition) is 1. The van der Waals surface area contributed by atoms with Gasteiger partial charge in [-0.05, 0) is 10.4 Å². The van der Waals surface area contributed by atoms with Gasteiger partial charge in [0.15, 0.2) is 11.9 Å². The first-order chi connectivity index (χ1) is 10.5. The molecule has 1 N–H and O–H groups in total. The monoisotopic (exact) mass is 341 g/mol. The van der Waals surface area contributed by atoms with Crippen LogP contribution in [0.4, 0.5) is 0 Å². The normalized spacial score (nSPS) is 24.1. The van der Waals surface area contributed by atoms with Crippen LogP contribution in [0.1, 0.15) is 5.82 Å². The van der Waals surface area contributed by atoms with E-state index in [0.29, 0.717) is 17.2 Å². The molecule has 0 bridgehead atoms. The van der Waals surface area contributed by atoms with E-state index in [1.54, 1.807) is 7.05 Å². The Morgan fingerprint density at radius 2 is 2.27 bits per heavy atom. The number of rotatable bonds is 4. The largest absolute Gasteiger partial charge is 0.477 e. The second kappa shape index (κ2) is 5.41. The van der Waals surface area contributed by atoms with E-state index < -0.39 is 12.1 Å². The topological polar surface area (TPSA) is 110 Å². The van der Waals surface area contributed by atoms with Crippen molar-refractivity contribution in [2.75, 3.05) is 12.9 Å². The number of β-lactam (4-membered cyclic amide) rings is 1. The van der Waals surface area contributed by atoms with E-state index in [1.807, 2.05) is 0 Å². The van der Waals surface area contributed by atoms with Gasteiger partial charge in [0.1, 0.15) is 11.1 Å². The second-order valence-electron chi connectivity index (χ2n) is 4.65. The van der Waals surface area contributed by atoms with Crippen molar-refractivity contribution >= 4 is 40.7 Å². The Morgan fingerprint density at radius 1 is 1.55 bits per heavy atom. The van der Waals surface area contributed by atoms with Crippen molar-refractivity contribution in [2.45, 2.75) is 11.5 Å². The van der Waals surface area contributed by atoms with Crippen molar-refractivity contribution in [2.24, 2.45) is 7.05 Å². The Kier molecular flexibility index (Phi) is 3.70. The van der Waals surface area contributed by atoms with Gasteiger partial charge < -0.3 is 9.84 Å². The average molecular weight is 341 g/mol. The highest BCUT2D eigenvalue weighted by Crippen LogP contribution is 2.42. The van der Waals surface area contributed by atoms with Gasteiger partial charge >= 0.3 is 5.97 Å². The molecule has 0 spiro atoms. The molecule has 116 valence electrons. The van der Waals surface area contributed by atoms with Crippen molar-refractivity contribution in [3.63, 3.8) is 0 Å². The van der Waals surface area contributed by atoms with Crippen LogP contribution in [-0.2, 0) is 21.4 Å². The highest BCUT2D eigenvalue weighted by molar-refractivity contribution is 8.00. The van der Waals surface area contributed by atoms with E-state index in [2.05, 4.69) is 15.5 Å². The summed E-state index contributed by atoms with van der Waals surface area (Å²) < 4.78 is 6.45. The molecule has 9 nitrogen and oxygen atoms in total. The average Bonchev–Trinajstić information content (AvgIpc) is 2.91. The minimum Gasteiger partial charge on any atom is -0.477 e. The lowest BCUT2D eigenvalue weighted by atomic mass is 10.0. The summed E-state index contributed by atoms with van der Waals surface area (Å²) in [7, 11) is 3.03. The zero-order chi connectivity index (χ0) is 16.0. The van der Waals surface area contributed by atoms with E-state index in [4.69, 9.17) is 17.0 Å². The third-order valence-corrected chi connectivity index (χ3v) is 5.16. The number of thiocarbonyl (C=S) groups is 1. The Hall–Kier alpha value is -1.85. The molecule has 1 aromatic heterocycles. The number of methoxy groups -OCH3 is 1. The standard InChI is InChI=1S/C11H11N5O4S2/c1-15-8(12-13-14-15)7(21)4-3-22-10-6(20-2)9(17)16(10)5(4)11(18)19/h6,10H,3H2,1-2H3,(H,18,19)/t6-,10+/m1/s1. The van der Waals surface area contributed by atoms with E-state index in [-0.39, 0.29) is 21.8 Å². The van der Waals surface area contributed by atoms with Gasteiger partial charge in [0, 0.05) is 25.5 Å². The fourth-order valence-corrected chi connectivity index (χ4v) is 4.21. The summed E-state index contributed by atoms with van der Waals surface area (Å²) in [6.45, 7) is 0. The van der Waals surface area contributed by atoms with Crippen molar-refractivity contribution in [1.82, 2.24) is 25.1 Å². The molecule has 1 aromatic rings. The zero-order valence-electron chi connectivity index (χ0n) is 11.6. The van der Waals surface area contributed by atoms with E-state index in [0.717, 1.165) is 0 Å². The lowest BCUT2D eigenvalue weighted by Crippen LogP contribution is -2.65. The lowest BCUT2D eigenvalue weighted by molar-refractivity contribution is -0.162. The molecule has 2 atom stereocenters. The van der Waals surface area contributed by atoms with Crippen molar-refractivity contribution in [1.29, 1.82) is 0 Å². The molecular formula is C11H11N5O4S2.